The first kappa shape index (κ1) is 15.7. The van der Waals surface area contributed by atoms with Gasteiger partial charge in [-0.2, -0.15) is 0 Å². The number of nitrogens with zero attached hydrogens (tertiary/aromatic N) is 1. The average Bonchev–Trinajstić information content (AvgIpc) is 2.67. The zero-order chi connectivity index (χ0) is 16.6. The molecule has 0 spiro atoms. The van der Waals surface area contributed by atoms with Gasteiger partial charge in [-0.1, -0.05) is 19.9 Å². The summed E-state index contributed by atoms with van der Waals surface area (Å²) >= 11 is 0. The Morgan fingerprint density at radius 2 is 1.68 bits per heavy atom. The average molecular weight is 303 g/mol. The van der Waals surface area contributed by atoms with Gasteiger partial charge >= 0.3 is 0 Å². The first-order valence-corrected chi connectivity index (χ1v) is 6.68. The zero-order valence-corrected chi connectivity index (χ0v) is 12.0. The monoisotopic (exact) mass is 303 g/mol. The predicted octanol–water partition coefficient (Wildman–Crippen LogP) is -1.19. The van der Waals surface area contributed by atoms with Crippen molar-refractivity contribution in [1.82, 2.24) is 4.90 Å². The lowest BCUT2D eigenvalue weighted by Crippen LogP contribution is -2.51. The highest BCUT2D eigenvalue weighted by atomic mass is 16.4. The summed E-state index contributed by atoms with van der Waals surface area (Å²) in [5.41, 5.74) is -0.415. The molecule has 1 aromatic rings. The van der Waals surface area contributed by atoms with Crippen LogP contribution in [0.3, 0.4) is 0 Å². The topological polar surface area (TPSA) is 118 Å². The second-order valence-corrected chi connectivity index (χ2v) is 5.49. The number of amides is 2. The molecule has 7 nitrogen and oxygen atoms in total. The van der Waals surface area contributed by atoms with E-state index >= 15 is 0 Å². The van der Waals surface area contributed by atoms with Gasteiger partial charge in [0.25, 0.3) is 11.8 Å². The van der Waals surface area contributed by atoms with Crippen molar-refractivity contribution < 1.29 is 29.4 Å². The van der Waals surface area contributed by atoms with Crippen molar-refractivity contribution in [1.29, 1.82) is 0 Å². The Labute approximate surface area is 126 Å². The lowest BCUT2D eigenvalue weighted by atomic mass is 10.0. The molecule has 0 saturated heterocycles. The minimum absolute atomic E-state index is 0.0231. The van der Waals surface area contributed by atoms with Crippen LogP contribution in [-0.4, -0.2) is 34.7 Å². The maximum atomic E-state index is 12.3. The summed E-state index contributed by atoms with van der Waals surface area (Å²) in [6, 6.07) is 1.95. The third-order valence-corrected chi connectivity index (χ3v) is 3.43. The van der Waals surface area contributed by atoms with Crippen LogP contribution in [0.4, 0.5) is 0 Å². The molecule has 1 aliphatic heterocycles. The van der Waals surface area contributed by atoms with Crippen molar-refractivity contribution in [2.24, 2.45) is 5.92 Å². The number of aromatic carboxylic acids is 1. The van der Waals surface area contributed by atoms with Crippen LogP contribution >= 0.6 is 0 Å². The molecular weight excluding hydrogens is 290 g/mol. The number of carboxylic acid groups (broad SMARTS) is 2. The molecule has 2 rings (SSSR count). The van der Waals surface area contributed by atoms with E-state index in [-0.39, 0.29) is 29.0 Å². The molecule has 0 aromatic heterocycles. The minimum Gasteiger partial charge on any atom is -0.548 e. The minimum atomic E-state index is -1.52. The summed E-state index contributed by atoms with van der Waals surface area (Å²) in [7, 11) is 0. The normalized spacial score (nSPS) is 15.1. The number of carboxylic acids is 2. The van der Waals surface area contributed by atoms with E-state index in [2.05, 4.69) is 0 Å². The first-order valence-electron chi connectivity index (χ1n) is 6.68. The fraction of sp³-hybridized carbons (Fsp3) is 0.333. The molecule has 1 unspecified atom stereocenters. The molecule has 0 aliphatic carbocycles. The zero-order valence-electron chi connectivity index (χ0n) is 12.0. The van der Waals surface area contributed by atoms with E-state index in [1.54, 1.807) is 13.8 Å². The second kappa shape index (κ2) is 5.59. The van der Waals surface area contributed by atoms with Gasteiger partial charge in [-0.05, 0) is 30.0 Å². The van der Waals surface area contributed by atoms with Gasteiger partial charge in [-0.25, -0.2) is 0 Å². The van der Waals surface area contributed by atoms with Crippen molar-refractivity contribution in [3.63, 3.8) is 0 Å². The Morgan fingerprint density at radius 3 is 2.18 bits per heavy atom. The van der Waals surface area contributed by atoms with Crippen LogP contribution in [0.2, 0.25) is 0 Å². The van der Waals surface area contributed by atoms with E-state index < -0.39 is 29.8 Å². The number of aliphatic carboxylic acids is 1. The lowest BCUT2D eigenvalue weighted by molar-refractivity contribution is -0.310. The maximum Gasteiger partial charge on any atom is 0.262 e. The van der Waals surface area contributed by atoms with E-state index in [4.69, 9.17) is 0 Å². The van der Waals surface area contributed by atoms with E-state index in [0.29, 0.717) is 4.90 Å². The molecule has 0 N–H and O–H groups in total. The Bertz CT molecular complexity index is 679. The number of carbonyl (C=O) groups is 4. The molecule has 1 aliphatic rings. The van der Waals surface area contributed by atoms with E-state index in [0.717, 1.165) is 12.1 Å². The van der Waals surface area contributed by atoms with E-state index in [9.17, 15) is 29.4 Å². The number of imide groups is 1. The Balaban J connectivity index is 2.45. The molecule has 0 fully saturated rings. The Morgan fingerprint density at radius 1 is 1.09 bits per heavy atom. The number of fused-ring (bicyclic) bond motifs is 1. The molecule has 7 heteroatoms. The summed E-state index contributed by atoms with van der Waals surface area (Å²) in [5, 5.41) is 22.1. The Hall–Kier alpha value is -2.70. The van der Waals surface area contributed by atoms with E-state index in [1.165, 1.54) is 6.07 Å². The van der Waals surface area contributed by atoms with Crippen LogP contribution < -0.4 is 10.2 Å². The van der Waals surface area contributed by atoms with Crippen LogP contribution in [0.25, 0.3) is 0 Å². The van der Waals surface area contributed by atoms with Gasteiger partial charge in [-0.3, -0.25) is 14.5 Å². The van der Waals surface area contributed by atoms with Crippen molar-refractivity contribution >= 4 is 23.8 Å². The predicted molar refractivity (Wildman–Crippen MR) is 69.5 cm³/mol. The van der Waals surface area contributed by atoms with Gasteiger partial charge in [0, 0.05) is 0 Å². The third kappa shape index (κ3) is 2.57. The van der Waals surface area contributed by atoms with Gasteiger partial charge in [0.15, 0.2) is 0 Å². The smallest absolute Gasteiger partial charge is 0.262 e. The molecular formula is C15H13NO6-2. The quantitative estimate of drug-likeness (QED) is 0.631. The van der Waals surface area contributed by atoms with Gasteiger partial charge in [0.2, 0.25) is 0 Å². The number of benzene rings is 1. The van der Waals surface area contributed by atoms with Crippen LogP contribution in [0, 0.1) is 5.92 Å². The van der Waals surface area contributed by atoms with Gasteiger partial charge < -0.3 is 19.8 Å². The van der Waals surface area contributed by atoms with E-state index in [1.807, 2.05) is 0 Å². The summed E-state index contributed by atoms with van der Waals surface area (Å²) < 4.78 is 0. The maximum absolute atomic E-state index is 12.3. The third-order valence-electron chi connectivity index (χ3n) is 3.43. The molecule has 2 amide bonds. The highest BCUT2D eigenvalue weighted by molar-refractivity contribution is 6.23. The molecule has 0 bridgehead atoms. The van der Waals surface area contributed by atoms with Crippen molar-refractivity contribution in [3.05, 3.63) is 34.9 Å². The molecule has 116 valence electrons. The van der Waals surface area contributed by atoms with Crippen molar-refractivity contribution in [2.45, 2.75) is 26.3 Å². The summed E-state index contributed by atoms with van der Waals surface area (Å²) in [6.07, 6.45) is 0.0567. The number of hydrogen-bond acceptors (Lipinski definition) is 6. The number of rotatable bonds is 5. The van der Waals surface area contributed by atoms with Crippen molar-refractivity contribution in [3.8, 4) is 0 Å². The molecule has 1 heterocycles. The fourth-order valence-electron chi connectivity index (χ4n) is 2.42. The lowest BCUT2D eigenvalue weighted by Gasteiger charge is -2.28. The highest BCUT2D eigenvalue weighted by Gasteiger charge is 2.40. The summed E-state index contributed by atoms with van der Waals surface area (Å²) in [4.78, 5) is 47.3. The van der Waals surface area contributed by atoms with Crippen LogP contribution in [-0.2, 0) is 4.79 Å². The molecule has 0 saturated carbocycles. The molecule has 22 heavy (non-hydrogen) atoms. The molecule has 0 radical (unpaired) electrons. The summed E-state index contributed by atoms with van der Waals surface area (Å²) in [6.45, 7) is 3.50. The first-order chi connectivity index (χ1) is 10.2. The summed E-state index contributed by atoms with van der Waals surface area (Å²) in [5.74, 6) is -4.69. The van der Waals surface area contributed by atoms with Crippen LogP contribution in [0.1, 0.15) is 51.3 Å². The Kier molecular flexibility index (Phi) is 3.99. The van der Waals surface area contributed by atoms with Crippen molar-refractivity contribution in [2.75, 3.05) is 0 Å². The van der Waals surface area contributed by atoms with Gasteiger partial charge in [0.1, 0.15) is 0 Å². The SMILES string of the molecule is CC(C)CC(C(=O)[O-])N1C(=O)c2ccc(C(=O)[O-])cc2C1=O. The van der Waals surface area contributed by atoms with Crippen LogP contribution in [0.5, 0.6) is 0 Å². The number of carbonyl (C=O) groups excluding carboxylic acids is 4. The largest absolute Gasteiger partial charge is 0.548 e. The van der Waals surface area contributed by atoms with Gasteiger partial charge in [-0.15, -0.1) is 0 Å². The second-order valence-electron chi connectivity index (χ2n) is 5.49. The fourth-order valence-corrected chi connectivity index (χ4v) is 2.42. The number of hydrogen-bond donors (Lipinski definition) is 0. The molecule has 1 atom stereocenters. The van der Waals surface area contributed by atoms with Gasteiger partial charge in [0.05, 0.1) is 29.1 Å². The highest BCUT2D eigenvalue weighted by Crippen LogP contribution is 2.27. The standard InChI is InChI=1S/C15H15NO6/c1-7(2)5-11(15(21)22)16-12(17)9-4-3-8(14(19)20)6-10(9)13(16)18/h3-4,6-7,11H,5H2,1-2H3,(H,19,20)(H,21,22)/p-2. The van der Waals surface area contributed by atoms with Crippen LogP contribution in [0.15, 0.2) is 18.2 Å². The molecule has 1 aromatic carbocycles.